The average molecular weight is 230 g/mol. The molecule has 0 saturated carbocycles. The van der Waals surface area contributed by atoms with Gasteiger partial charge in [-0.3, -0.25) is 0 Å². The molecular formula is C15H18S. The van der Waals surface area contributed by atoms with Crippen LogP contribution in [0.2, 0.25) is 0 Å². The number of thioether (sulfide) groups is 1. The van der Waals surface area contributed by atoms with Gasteiger partial charge in [0.05, 0.1) is 0 Å². The van der Waals surface area contributed by atoms with E-state index in [1.165, 1.54) is 10.5 Å². The Morgan fingerprint density at radius 2 is 1.94 bits per heavy atom. The van der Waals surface area contributed by atoms with E-state index in [4.69, 9.17) is 0 Å². The molecule has 0 atom stereocenters. The molecule has 1 heteroatoms. The molecule has 0 spiro atoms. The Kier molecular flexibility index (Phi) is 5.73. The first-order valence-corrected chi connectivity index (χ1v) is 6.33. The van der Waals surface area contributed by atoms with Crippen LogP contribution in [0.25, 0.3) is 0 Å². The van der Waals surface area contributed by atoms with E-state index in [0.29, 0.717) is 0 Å². The third-order valence-electron chi connectivity index (χ3n) is 2.25. The molecule has 0 unspecified atom stereocenters. The molecule has 0 aliphatic rings. The third kappa shape index (κ3) is 4.54. The summed E-state index contributed by atoms with van der Waals surface area (Å²) in [6, 6.07) is 10.3. The van der Waals surface area contributed by atoms with Gasteiger partial charge >= 0.3 is 0 Å². The number of benzene rings is 1. The maximum Gasteiger partial charge on any atom is 0.0122 e. The molecular weight excluding hydrogens is 212 g/mol. The lowest BCUT2D eigenvalue weighted by atomic mass is 10.2. The highest BCUT2D eigenvalue weighted by atomic mass is 32.2. The molecule has 0 aliphatic carbocycles. The van der Waals surface area contributed by atoms with Crippen LogP contribution in [-0.2, 0) is 0 Å². The largest absolute Gasteiger partial charge is 0.0907 e. The van der Waals surface area contributed by atoms with Crippen LogP contribution in [0.3, 0.4) is 0 Å². The zero-order valence-corrected chi connectivity index (χ0v) is 10.8. The van der Waals surface area contributed by atoms with Gasteiger partial charge in [-0.05, 0) is 31.6 Å². The van der Waals surface area contributed by atoms with E-state index in [2.05, 4.69) is 50.8 Å². The highest BCUT2D eigenvalue weighted by Crippen LogP contribution is 2.25. The van der Waals surface area contributed by atoms with Gasteiger partial charge in [0.1, 0.15) is 0 Å². The Hall–Kier alpha value is -1.21. The van der Waals surface area contributed by atoms with Crippen molar-refractivity contribution in [2.24, 2.45) is 0 Å². The van der Waals surface area contributed by atoms with Crippen molar-refractivity contribution in [2.45, 2.75) is 25.2 Å². The molecule has 1 aromatic carbocycles. The number of allylic oxidation sites excluding steroid dienone is 4. The molecule has 0 nitrogen and oxygen atoms in total. The molecule has 0 saturated heterocycles. The van der Waals surface area contributed by atoms with Crippen molar-refractivity contribution < 1.29 is 0 Å². The van der Waals surface area contributed by atoms with Crippen LogP contribution in [0.15, 0.2) is 70.5 Å². The Bertz CT molecular complexity index is 385. The quantitative estimate of drug-likeness (QED) is 0.494. The normalized spacial score (nSPS) is 12.0. The van der Waals surface area contributed by atoms with Crippen LogP contribution in [0.5, 0.6) is 0 Å². The van der Waals surface area contributed by atoms with Crippen molar-refractivity contribution >= 4 is 11.8 Å². The maximum absolute atomic E-state index is 4.04. The minimum absolute atomic E-state index is 1.07. The first-order chi connectivity index (χ1) is 7.76. The van der Waals surface area contributed by atoms with Crippen LogP contribution in [0, 0.1) is 0 Å². The average Bonchev–Trinajstić information content (AvgIpc) is 2.31. The summed E-state index contributed by atoms with van der Waals surface area (Å²) in [5, 5.41) is 0. The lowest BCUT2D eigenvalue weighted by molar-refractivity contribution is 1.14. The van der Waals surface area contributed by atoms with Gasteiger partial charge < -0.3 is 0 Å². The van der Waals surface area contributed by atoms with E-state index in [1.807, 2.05) is 18.2 Å². The monoisotopic (exact) mass is 230 g/mol. The van der Waals surface area contributed by atoms with Crippen LogP contribution in [0.1, 0.15) is 20.3 Å². The van der Waals surface area contributed by atoms with E-state index in [1.54, 1.807) is 11.8 Å². The second-order valence-electron chi connectivity index (χ2n) is 3.43. The molecule has 0 aromatic heterocycles. The predicted octanol–water partition coefficient (Wildman–Crippen LogP) is 5.20. The SMILES string of the molecule is C=C(/C=C\C(=C/C)CC)Sc1ccccc1. The molecule has 0 heterocycles. The summed E-state index contributed by atoms with van der Waals surface area (Å²) in [5.74, 6) is 0. The molecule has 0 fully saturated rings. The van der Waals surface area contributed by atoms with Gasteiger partial charge in [-0.15, -0.1) is 0 Å². The molecule has 0 radical (unpaired) electrons. The number of hydrogen-bond acceptors (Lipinski definition) is 1. The minimum atomic E-state index is 1.07. The van der Waals surface area contributed by atoms with Crippen molar-refractivity contribution in [3.8, 4) is 0 Å². The number of hydrogen-bond donors (Lipinski definition) is 0. The lowest BCUT2D eigenvalue weighted by Gasteiger charge is -2.00. The topological polar surface area (TPSA) is 0 Å². The second kappa shape index (κ2) is 7.13. The molecule has 0 amide bonds. The van der Waals surface area contributed by atoms with E-state index in [-0.39, 0.29) is 0 Å². The predicted molar refractivity (Wildman–Crippen MR) is 74.6 cm³/mol. The fourth-order valence-electron chi connectivity index (χ4n) is 1.29. The Morgan fingerprint density at radius 3 is 2.50 bits per heavy atom. The highest BCUT2D eigenvalue weighted by Gasteiger charge is 1.94. The molecule has 0 bridgehead atoms. The molecule has 0 aliphatic heterocycles. The Balaban J connectivity index is 2.55. The Morgan fingerprint density at radius 1 is 1.25 bits per heavy atom. The van der Waals surface area contributed by atoms with Crippen molar-refractivity contribution in [1.29, 1.82) is 0 Å². The van der Waals surface area contributed by atoms with E-state index in [9.17, 15) is 0 Å². The summed E-state index contributed by atoms with van der Waals surface area (Å²) in [4.78, 5) is 2.30. The van der Waals surface area contributed by atoms with Crippen LogP contribution >= 0.6 is 11.8 Å². The van der Waals surface area contributed by atoms with Gasteiger partial charge in [0.15, 0.2) is 0 Å². The van der Waals surface area contributed by atoms with E-state index in [0.717, 1.165) is 11.3 Å². The minimum Gasteiger partial charge on any atom is -0.0907 e. The molecule has 1 rings (SSSR count). The first kappa shape index (κ1) is 12.9. The fourth-order valence-corrected chi connectivity index (χ4v) is 2.02. The summed E-state index contributed by atoms with van der Waals surface area (Å²) >= 11 is 1.70. The zero-order valence-electron chi connectivity index (χ0n) is 9.94. The van der Waals surface area contributed by atoms with Gasteiger partial charge in [-0.1, -0.05) is 61.2 Å². The summed E-state index contributed by atoms with van der Waals surface area (Å²) in [5.41, 5.74) is 1.34. The second-order valence-corrected chi connectivity index (χ2v) is 4.63. The van der Waals surface area contributed by atoms with Gasteiger partial charge in [0.2, 0.25) is 0 Å². The van der Waals surface area contributed by atoms with Gasteiger partial charge in [0.25, 0.3) is 0 Å². The summed E-state index contributed by atoms with van der Waals surface area (Å²) in [6.45, 7) is 8.26. The number of rotatable bonds is 5. The van der Waals surface area contributed by atoms with Gasteiger partial charge in [0, 0.05) is 9.80 Å². The highest BCUT2D eigenvalue weighted by molar-refractivity contribution is 8.03. The third-order valence-corrected chi connectivity index (χ3v) is 3.16. The molecule has 1 aromatic rings. The van der Waals surface area contributed by atoms with E-state index >= 15 is 0 Å². The standard InChI is InChI=1S/C15H18S/c1-4-14(5-2)12-11-13(3)16-15-9-7-6-8-10-15/h4,6-12H,3,5H2,1-2H3/b12-11-,14-4-. The van der Waals surface area contributed by atoms with Gasteiger partial charge in [-0.25, -0.2) is 0 Å². The van der Waals surface area contributed by atoms with Crippen molar-refractivity contribution in [3.05, 3.63) is 65.6 Å². The smallest absolute Gasteiger partial charge is 0.0122 e. The van der Waals surface area contributed by atoms with Crippen molar-refractivity contribution in [3.63, 3.8) is 0 Å². The van der Waals surface area contributed by atoms with Crippen LogP contribution in [0.4, 0.5) is 0 Å². The maximum atomic E-state index is 4.04. The lowest BCUT2D eigenvalue weighted by Crippen LogP contribution is -1.74. The van der Waals surface area contributed by atoms with Crippen molar-refractivity contribution in [2.75, 3.05) is 0 Å². The Labute approximate surface area is 103 Å². The molecule has 16 heavy (non-hydrogen) atoms. The summed E-state index contributed by atoms with van der Waals surface area (Å²) in [6.07, 6.45) is 7.42. The zero-order chi connectivity index (χ0) is 11.8. The van der Waals surface area contributed by atoms with Crippen molar-refractivity contribution in [1.82, 2.24) is 0 Å². The molecule has 84 valence electrons. The van der Waals surface area contributed by atoms with Crippen LogP contribution in [-0.4, -0.2) is 0 Å². The van der Waals surface area contributed by atoms with Crippen LogP contribution < -0.4 is 0 Å². The van der Waals surface area contributed by atoms with E-state index < -0.39 is 0 Å². The van der Waals surface area contributed by atoms with Gasteiger partial charge in [-0.2, -0.15) is 0 Å². The fraction of sp³-hybridized carbons (Fsp3) is 0.200. The summed E-state index contributed by atoms with van der Waals surface area (Å²) in [7, 11) is 0. The summed E-state index contributed by atoms with van der Waals surface area (Å²) < 4.78 is 0. The first-order valence-electron chi connectivity index (χ1n) is 5.51. The molecule has 0 N–H and O–H groups in total.